The average molecular weight is 354 g/mol. The molecule has 5 heteroatoms. The van der Waals surface area contributed by atoms with Crippen molar-refractivity contribution in [2.45, 2.75) is 5.16 Å². The molecule has 0 amide bonds. The molecule has 0 spiro atoms. The number of methoxy groups -OCH3 is 1. The summed E-state index contributed by atoms with van der Waals surface area (Å²) < 4.78 is 18.4. The monoisotopic (exact) mass is 354 g/mol. The largest absolute Gasteiger partial charge is 0.496 e. The Labute approximate surface area is 146 Å². The number of hydrogen-bond acceptors (Lipinski definition) is 2. The fourth-order valence-corrected chi connectivity index (χ4v) is 4.74. The second-order valence-electron chi connectivity index (χ2n) is 5.69. The molecule has 25 heavy (non-hydrogen) atoms. The van der Waals surface area contributed by atoms with Gasteiger partial charge >= 0.3 is 7.60 Å². The second kappa shape index (κ2) is 6.85. The van der Waals surface area contributed by atoms with E-state index in [2.05, 4.69) is 0 Å². The van der Waals surface area contributed by atoms with Gasteiger partial charge in [-0.1, -0.05) is 78.9 Å². The van der Waals surface area contributed by atoms with Crippen LogP contribution in [0, 0.1) is 0 Å². The van der Waals surface area contributed by atoms with Crippen LogP contribution in [0.25, 0.3) is 0 Å². The van der Waals surface area contributed by atoms with E-state index in [-0.39, 0.29) is 0 Å². The van der Waals surface area contributed by atoms with Crippen molar-refractivity contribution in [3.63, 3.8) is 0 Å². The molecule has 128 valence electrons. The lowest BCUT2D eigenvalue weighted by Crippen LogP contribution is -2.30. The van der Waals surface area contributed by atoms with E-state index in [1.165, 1.54) is 7.11 Å². The highest BCUT2D eigenvalue weighted by atomic mass is 31.2. The van der Waals surface area contributed by atoms with Crippen molar-refractivity contribution in [3.8, 4) is 5.75 Å². The molecule has 0 aliphatic carbocycles. The van der Waals surface area contributed by atoms with Crippen molar-refractivity contribution < 1.29 is 19.1 Å². The molecule has 0 fully saturated rings. The van der Waals surface area contributed by atoms with Crippen molar-refractivity contribution >= 4 is 7.60 Å². The van der Waals surface area contributed by atoms with Gasteiger partial charge in [-0.2, -0.15) is 0 Å². The highest BCUT2D eigenvalue weighted by Gasteiger charge is 2.52. The highest BCUT2D eigenvalue weighted by molar-refractivity contribution is 7.53. The van der Waals surface area contributed by atoms with Crippen LogP contribution in [0.15, 0.2) is 84.9 Å². The SMILES string of the molecule is COc1ccccc1C(c1ccccc1)(c1ccccc1)P(=O)(O)O. The van der Waals surface area contributed by atoms with Gasteiger partial charge in [0.15, 0.2) is 5.16 Å². The van der Waals surface area contributed by atoms with E-state index in [0.29, 0.717) is 22.4 Å². The Morgan fingerprint density at radius 2 is 1.20 bits per heavy atom. The molecule has 3 aromatic carbocycles. The summed E-state index contributed by atoms with van der Waals surface area (Å²) >= 11 is 0. The van der Waals surface area contributed by atoms with E-state index in [1.54, 1.807) is 72.8 Å². The number of hydrogen-bond donors (Lipinski definition) is 2. The van der Waals surface area contributed by atoms with Gasteiger partial charge in [0.2, 0.25) is 0 Å². The quantitative estimate of drug-likeness (QED) is 0.533. The predicted molar refractivity (Wildman–Crippen MR) is 97.8 cm³/mol. The van der Waals surface area contributed by atoms with Crippen LogP contribution in [-0.4, -0.2) is 16.9 Å². The summed E-state index contributed by atoms with van der Waals surface area (Å²) in [4.78, 5) is 21.1. The molecule has 0 saturated heterocycles. The Hall–Kier alpha value is -2.39. The molecule has 0 bridgehead atoms. The Morgan fingerprint density at radius 1 is 0.760 bits per heavy atom. The van der Waals surface area contributed by atoms with Crippen LogP contribution >= 0.6 is 7.60 Å². The summed E-state index contributed by atoms with van der Waals surface area (Å²) in [6.07, 6.45) is 0. The van der Waals surface area contributed by atoms with Gasteiger partial charge in [0.05, 0.1) is 7.11 Å². The fraction of sp³-hybridized carbons (Fsp3) is 0.100. The van der Waals surface area contributed by atoms with Crippen LogP contribution in [-0.2, 0) is 9.72 Å². The molecule has 4 nitrogen and oxygen atoms in total. The molecule has 0 aromatic heterocycles. The topological polar surface area (TPSA) is 66.8 Å². The summed E-state index contributed by atoms with van der Waals surface area (Å²) in [5.74, 6) is 0.429. The van der Waals surface area contributed by atoms with Crippen LogP contribution in [0.5, 0.6) is 5.75 Å². The first-order valence-electron chi connectivity index (χ1n) is 7.82. The first kappa shape index (κ1) is 17.4. The second-order valence-corrected chi connectivity index (χ2v) is 7.45. The van der Waals surface area contributed by atoms with Crippen LogP contribution in [0.3, 0.4) is 0 Å². The van der Waals surface area contributed by atoms with Crippen molar-refractivity contribution in [2.75, 3.05) is 7.11 Å². The Bertz CT molecular complexity index is 848. The summed E-state index contributed by atoms with van der Waals surface area (Å²) in [7, 11) is -3.19. The van der Waals surface area contributed by atoms with E-state index >= 15 is 0 Å². The van der Waals surface area contributed by atoms with Crippen molar-refractivity contribution in [3.05, 3.63) is 102 Å². The van der Waals surface area contributed by atoms with Crippen molar-refractivity contribution in [1.82, 2.24) is 0 Å². The molecule has 0 atom stereocenters. The molecule has 2 N–H and O–H groups in total. The maximum atomic E-state index is 13.0. The van der Waals surface area contributed by atoms with Gasteiger partial charge < -0.3 is 14.5 Å². The van der Waals surface area contributed by atoms with Gasteiger partial charge in [0, 0.05) is 5.56 Å². The molecule has 0 saturated carbocycles. The Morgan fingerprint density at radius 3 is 1.64 bits per heavy atom. The highest BCUT2D eigenvalue weighted by Crippen LogP contribution is 2.65. The first-order valence-corrected chi connectivity index (χ1v) is 9.43. The van der Waals surface area contributed by atoms with E-state index in [1.807, 2.05) is 12.1 Å². The molecule has 0 aliphatic rings. The van der Waals surface area contributed by atoms with Crippen LogP contribution in [0.2, 0.25) is 0 Å². The smallest absolute Gasteiger partial charge is 0.344 e. The Kier molecular flexibility index (Phi) is 4.78. The molecule has 0 unspecified atom stereocenters. The van der Waals surface area contributed by atoms with Gasteiger partial charge in [-0.3, -0.25) is 4.57 Å². The third kappa shape index (κ3) is 2.89. The molecule has 0 heterocycles. The lowest BCUT2D eigenvalue weighted by molar-refractivity contribution is 0.344. The van der Waals surface area contributed by atoms with Gasteiger partial charge in [-0.25, -0.2) is 0 Å². The normalized spacial score (nSPS) is 12.0. The standard InChI is InChI=1S/C20H19O4P/c1-24-19-15-9-8-14-18(19)20(25(21,22)23,16-10-4-2-5-11-16)17-12-6-3-7-13-17/h2-15H,1H3,(H2,21,22,23). The lowest BCUT2D eigenvalue weighted by Gasteiger charge is -2.36. The molecular formula is C20H19O4P. The number of ether oxygens (including phenoxy) is 1. The van der Waals surface area contributed by atoms with Gasteiger partial charge in [-0.15, -0.1) is 0 Å². The number of rotatable bonds is 5. The van der Waals surface area contributed by atoms with Gasteiger partial charge in [0.25, 0.3) is 0 Å². The summed E-state index contributed by atoms with van der Waals surface area (Å²) in [6.45, 7) is 0. The van der Waals surface area contributed by atoms with E-state index in [0.717, 1.165) is 0 Å². The molecular weight excluding hydrogens is 335 g/mol. The minimum atomic E-state index is -4.69. The average Bonchev–Trinajstić information content (AvgIpc) is 2.63. The maximum Gasteiger partial charge on any atom is 0.344 e. The van der Waals surface area contributed by atoms with E-state index < -0.39 is 12.8 Å². The Balaban J connectivity index is 2.49. The van der Waals surface area contributed by atoms with Gasteiger partial charge in [-0.05, 0) is 17.2 Å². The van der Waals surface area contributed by atoms with Crippen LogP contribution < -0.4 is 4.74 Å². The zero-order valence-corrected chi connectivity index (χ0v) is 14.6. The molecule has 0 aliphatic heterocycles. The summed E-state index contributed by atoms with van der Waals surface area (Å²) in [6, 6.07) is 24.6. The third-order valence-electron chi connectivity index (χ3n) is 4.32. The maximum absolute atomic E-state index is 13.0. The molecule has 3 aromatic rings. The molecule has 0 radical (unpaired) electrons. The van der Waals surface area contributed by atoms with Gasteiger partial charge in [0.1, 0.15) is 5.75 Å². The molecule has 3 rings (SSSR count). The minimum absolute atomic E-state index is 0.429. The minimum Gasteiger partial charge on any atom is -0.496 e. The lowest BCUT2D eigenvalue weighted by atomic mass is 9.83. The van der Waals surface area contributed by atoms with E-state index in [4.69, 9.17) is 4.74 Å². The number of benzene rings is 3. The first-order chi connectivity index (χ1) is 12.0. The number of para-hydroxylation sites is 1. The predicted octanol–water partition coefficient (Wildman–Crippen LogP) is 4.16. The van der Waals surface area contributed by atoms with E-state index in [9.17, 15) is 14.4 Å². The zero-order chi connectivity index (χ0) is 17.9. The van der Waals surface area contributed by atoms with Crippen molar-refractivity contribution in [2.24, 2.45) is 0 Å². The summed E-state index contributed by atoms with van der Waals surface area (Å²) in [5.41, 5.74) is 1.46. The van der Waals surface area contributed by atoms with Crippen LogP contribution in [0.1, 0.15) is 16.7 Å². The zero-order valence-electron chi connectivity index (χ0n) is 13.7. The third-order valence-corrected chi connectivity index (χ3v) is 5.95. The van der Waals surface area contributed by atoms with Crippen molar-refractivity contribution in [1.29, 1.82) is 0 Å². The summed E-state index contributed by atoms with van der Waals surface area (Å²) in [5, 5.41) is -1.65. The van der Waals surface area contributed by atoms with Crippen LogP contribution in [0.4, 0.5) is 0 Å². The fourth-order valence-electron chi connectivity index (χ4n) is 3.27.